The van der Waals surface area contributed by atoms with Gasteiger partial charge in [0.2, 0.25) is 11.8 Å². The van der Waals surface area contributed by atoms with Crippen molar-refractivity contribution in [1.82, 2.24) is 24.2 Å². The fourth-order valence-corrected chi connectivity index (χ4v) is 3.75. The zero-order chi connectivity index (χ0) is 19.0. The zero-order valence-electron chi connectivity index (χ0n) is 15.6. The molecule has 2 aromatic heterocycles. The molecule has 1 aliphatic rings. The molecule has 3 heterocycles. The Balaban J connectivity index is 1.41. The highest BCUT2D eigenvalue weighted by Gasteiger charge is 2.28. The number of aromatic nitrogens is 4. The number of oxazole rings is 1. The van der Waals surface area contributed by atoms with E-state index in [0.717, 1.165) is 24.2 Å². The van der Waals surface area contributed by atoms with Gasteiger partial charge in [0.05, 0.1) is 0 Å². The number of hydrogen-bond acceptors (Lipinski definition) is 5. The molecule has 1 saturated heterocycles. The van der Waals surface area contributed by atoms with E-state index in [9.17, 15) is 9.59 Å². The Morgan fingerprint density at radius 3 is 2.70 bits per heavy atom. The van der Waals surface area contributed by atoms with Crippen LogP contribution in [0.15, 0.2) is 33.5 Å². The Kier molecular flexibility index (Phi) is 4.55. The summed E-state index contributed by atoms with van der Waals surface area (Å²) in [5.74, 6) is 1.50. The lowest BCUT2D eigenvalue weighted by Crippen LogP contribution is -2.39. The molecule has 0 atom stereocenters. The van der Waals surface area contributed by atoms with Gasteiger partial charge in [0.15, 0.2) is 5.58 Å². The highest BCUT2D eigenvalue weighted by molar-refractivity contribution is 5.79. The third kappa shape index (κ3) is 3.27. The first-order chi connectivity index (χ1) is 13.1. The van der Waals surface area contributed by atoms with Gasteiger partial charge >= 0.3 is 5.69 Å². The minimum Gasteiger partial charge on any atom is -0.440 e. The van der Waals surface area contributed by atoms with Crippen LogP contribution in [-0.2, 0) is 24.8 Å². The average Bonchev–Trinajstić information content (AvgIpc) is 3.22. The van der Waals surface area contributed by atoms with Crippen molar-refractivity contribution in [3.05, 3.63) is 46.5 Å². The van der Waals surface area contributed by atoms with Crippen LogP contribution < -0.4 is 5.69 Å². The smallest absolute Gasteiger partial charge is 0.345 e. The summed E-state index contributed by atoms with van der Waals surface area (Å²) in [6.07, 6.45) is 1.77. The SMILES string of the molecule is CCn1c(C2CCN(C(=O)Cc3nc4ccccc4o3)CC2)nn(C)c1=O. The van der Waals surface area contributed by atoms with Crippen LogP contribution in [0, 0.1) is 0 Å². The lowest BCUT2D eigenvalue weighted by Gasteiger charge is -2.31. The van der Waals surface area contributed by atoms with Gasteiger partial charge in [0.1, 0.15) is 17.8 Å². The van der Waals surface area contributed by atoms with E-state index in [4.69, 9.17) is 4.42 Å². The average molecular weight is 369 g/mol. The van der Waals surface area contributed by atoms with Crippen molar-refractivity contribution >= 4 is 17.0 Å². The second-order valence-electron chi connectivity index (χ2n) is 6.92. The van der Waals surface area contributed by atoms with E-state index < -0.39 is 0 Å². The first-order valence-electron chi connectivity index (χ1n) is 9.32. The van der Waals surface area contributed by atoms with Gasteiger partial charge in [0, 0.05) is 32.6 Å². The largest absolute Gasteiger partial charge is 0.440 e. The van der Waals surface area contributed by atoms with E-state index in [1.54, 1.807) is 11.6 Å². The highest BCUT2D eigenvalue weighted by Crippen LogP contribution is 2.26. The number of piperidine rings is 1. The van der Waals surface area contributed by atoms with Gasteiger partial charge < -0.3 is 9.32 Å². The zero-order valence-corrected chi connectivity index (χ0v) is 15.6. The molecule has 0 N–H and O–H groups in total. The number of likely N-dealkylation sites (tertiary alicyclic amines) is 1. The maximum Gasteiger partial charge on any atom is 0.345 e. The van der Waals surface area contributed by atoms with E-state index in [1.807, 2.05) is 36.1 Å². The number of rotatable bonds is 4. The quantitative estimate of drug-likeness (QED) is 0.699. The molecule has 0 bridgehead atoms. The van der Waals surface area contributed by atoms with Crippen LogP contribution >= 0.6 is 0 Å². The maximum absolute atomic E-state index is 12.6. The molecule has 0 radical (unpaired) electrons. The lowest BCUT2D eigenvalue weighted by atomic mass is 9.95. The predicted molar refractivity (Wildman–Crippen MR) is 99.4 cm³/mol. The monoisotopic (exact) mass is 369 g/mol. The normalized spacial score (nSPS) is 15.6. The Morgan fingerprint density at radius 2 is 2.00 bits per heavy atom. The third-order valence-electron chi connectivity index (χ3n) is 5.21. The van der Waals surface area contributed by atoms with Gasteiger partial charge in [-0.2, -0.15) is 5.10 Å². The van der Waals surface area contributed by atoms with Gasteiger partial charge in [-0.15, -0.1) is 0 Å². The Labute approximate surface area is 156 Å². The molecule has 27 heavy (non-hydrogen) atoms. The Hall–Kier alpha value is -2.90. The second-order valence-corrected chi connectivity index (χ2v) is 6.92. The summed E-state index contributed by atoms with van der Waals surface area (Å²) < 4.78 is 8.77. The molecule has 3 aromatic rings. The Morgan fingerprint density at radius 1 is 1.26 bits per heavy atom. The van der Waals surface area contributed by atoms with Crippen LogP contribution in [0.2, 0.25) is 0 Å². The second kappa shape index (κ2) is 7.02. The molecular weight excluding hydrogens is 346 g/mol. The number of nitrogens with zero attached hydrogens (tertiary/aromatic N) is 5. The maximum atomic E-state index is 12.6. The number of carbonyl (C=O) groups excluding carboxylic acids is 1. The van der Waals surface area contributed by atoms with Crippen LogP contribution in [-0.4, -0.2) is 43.2 Å². The third-order valence-corrected chi connectivity index (χ3v) is 5.21. The fraction of sp³-hybridized carbons (Fsp3) is 0.474. The number of hydrogen-bond donors (Lipinski definition) is 0. The van der Waals surface area contributed by atoms with E-state index in [-0.39, 0.29) is 23.9 Å². The summed E-state index contributed by atoms with van der Waals surface area (Å²) in [5.41, 5.74) is 1.39. The lowest BCUT2D eigenvalue weighted by molar-refractivity contribution is -0.131. The van der Waals surface area contributed by atoms with E-state index >= 15 is 0 Å². The highest BCUT2D eigenvalue weighted by atomic mass is 16.3. The van der Waals surface area contributed by atoms with Gasteiger partial charge in [-0.3, -0.25) is 9.36 Å². The molecule has 1 fully saturated rings. The summed E-state index contributed by atoms with van der Waals surface area (Å²) in [7, 11) is 1.68. The van der Waals surface area contributed by atoms with Crippen LogP contribution in [0.5, 0.6) is 0 Å². The molecule has 0 unspecified atom stereocenters. The molecule has 142 valence electrons. The molecule has 8 heteroatoms. The van der Waals surface area contributed by atoms with Crippen molar-refractivity contribution in [3.63, 3.8) is 0 Å². The standard InChI is InChI=1S/C19H23N5O3/c1-3-24-18(21-22(2)19(24)26)13-8-10-23(11-9-13)17(25)12-16-20-14-6-4-5-7-15(14)27-16/h4-7,13H,3,8-12H2,1-2H3. The number of amides is 1. The van der Waals surface area contributed by atoms with Gasteiger partial charge in [-0.05, 0) is 31.9 Å². The summed E-state index contributed by atoms with van der Waals surface area (Å²) in [6.45, 7) is 3.86. The minimum absolute atomic E-state index is 0.0221. The predicted octanol–water partition coefficient (Wildman–Crippen LogP) is 1.69. The van der Waals surface area contributed by atoms with Crippen LogP contribution in [0.4, 0.5) is 0 Å². The van der Waals surface area contributed by atoms with Crippen LogP contribution in [0.25, 0.3) is 11.1 Å². The Bertz CT molecular complexity index is 991. The number of fused-ring (bicyclic) bond motifs is 1. The first-order valence-corrected chi connectivity index (χ1v) is 9.32. The minimum atomic E-state index is -0.0815. The summed E-state index contributed by atoms with van der Waals surface area (Å²) in [5, 5.41) is 4.41. The van der Waals surface area contributed by atoms with Crippen molar-refractivity contribution < 1.29 is 9.21 Å². The topological polar surface area (TPSA) is 86.2 Å². The fourth-order valence-electron chi connectivity index (χ4n) is 3.75. The summed E-state index contributed by atoms with van der Waals surface area (Å²) >= 11 is 0. The van der Waals surface area contributed by atoms with Crippen molar-refractivity contribution in [1.29, 1.82) is 0 Å². The number of carbonyl (C=O) groups is 1. The molecule has 1 aliphatic heterocycles. The van der Waals surface area contributed by atoms with Gasteiger partial charge in [0.25, 0.3) is 0 Å². The molecule has 4 rings (SSSR count). The van der Waals surface area contributed by atoms with E-state index in [1.165, 1.54) is 4.68 Å². The van der Waals surface area contributed by atoms with Crippen LogP contribution in [0.3, 0.4) is 0 Å². The molecule has 8 nitrogen and oxygen atoms in total. The summed E-state index contributed by atoms with van der Waals surface area (Å²) in [6, 6.07) is 7.51. The first kappa shape index (κ1) is 17.5. The summed E-state index contributed by atoms with van der Waals surface area (Å²) in [4.78, 5) is 30.9. The van der Waals surface area contributed by atoms with Crippen molar-refractivity contribution in [2.24, 2.45) is 7.05 Å². The molecule has 0 spiro atoms. The number of benzene rings is 1. The molecule has 1 amide bonds. The van der Waals surface area contributed by atoms with Crippen molar-refractivity contribution in [3.8, 4) is 0 Å². The van der Waals surface area contributed by atoms with Gasteiger partial charge in [-0.1, -0.05) is 12.1 Å². The number of para-hydroxylation sites is 2. The van der Waals surface area contributed by atoms with E-state index in [0.29, 0.717) is 31.1 Å². The molecule has 0 saturated carbocycles. The molecule has 0 aliphatic carbocycles. The van der Waals surface area contributed by atoms with E-state index in [2.05, 4.69) is 10.1 Å². The molecular formula is C19H23N5O3. The molecule has 1 aromatic carbocycles. The number of aryl methyl sites for hydroxylation is 1. The van der Waals surface area contributed by atoms with Crippen molar-refractivity contribution in [2.45, 2.75) is 38.6 Å². The van der Waals surface area contributed by atoms with Crippen molar-refractivity contribution in [2.75, 3.05) is 13.1 Å². The van der Waals surface area contributed by atoms with Crippen LogP contribution in [0.1, 0.15) is 37.4 Å². The van der Waals surface area contributed by atoms with Gasteiger partial charge in [-0.25, -0.2) is 14.5 Å².